The Morgan fingerprint density at radius 3 is 2.00 bits per heavy atom. The number of hydrogen-bond donors (Lipinski definition) is 0. The Bertz CT molecular complexity index is 1920. The van der Waals surface area contributed by atoms with Crippen molar-refractivity contribution in [3.8, 4) is 51.2 Å². The molecule has 0 spiro atoms. The fourth-order valence-corrected chi connectivity index (χ4v) is 7.02. The smallest absolute Gasteiger partial charge is 0.160 e. The highest BCUT2D eigenvalue weighted by molar-refractivity contribution is 7.99. The average molecular weight is 559 g/mol. The second-order valence-electron chi connectivity index (χ2n) is 10.9. The molecule has 0 saturated carbocycles. The molecule has 5 heteroatoms. The van der Waals surface area contributed by atoms with Crippen LogP contribution in [0, 0.1) is 11.3 Å². The first-order valence-corrected chi connectivity index (χ1v) is 14.6. The number of benzene rings is 4. The fourth-order valence-electron chi connectivity index (χ4n) is 5.55. The first-order valence-electron chi connectivity index (χ1n) is 13.8. The van der Waals surface area contributed by atoms with Crippen molar-refractivity contribution < 1.29 is 0 Å². The summed E-state index contributed by atoms with van der Waals surface area (Å²) in [5, 5.41) is 9.44. The number of fused-ring (bicyclic) bond motifs is 2. The van der Waals surface area contributed by atoms with Crippen LogP contribution < -0.4 is 0 Å². The van der Waals surface area contributed by atoms with Gasteiger partial charge in [-0.05, 0) is 58.7 Å². The number of nitriles is 1. The highest BCUT2D eigenvalue weighted by Crippen LogP contribution is 2.50. The lowest BCUT2D eigenvalue weighted by molar-refractivity contribution is 0.607. The van der Waals surface area contributed by atoms with Crippen LogP contribution in [0.4, 0.5) is 0 Å². The maximum atomic E-state index is 9.44. The van der Waals surface area contributed by atoms with Crippen molar-refractivity contribution in [3.63, 3.8) is 0 Å². The van der Waals surface area contributed by atoms with E-state index in [-0.39, 0.29) is 5.41 Å². The van der Waals surface area contributed by atoms with E-state index >= 15 is 0 Å². The zero-order valence-electron chi connectivity index (χ0n) is 23.2. The number of pyridine rings is 1. The van der Waals surface area contributed by atoms with Crippen molar-refractivity contribution in [3.05, 3.63) is 138 Å². The number of nitrogens with zero attached hydrogens (tertiary/aromatic N) is 4. The normalized spacial score (nSPS) is 13.1. The van der Waals surface area contributed by atoms with Crippen molar-refractivity contribution in [1.82, 2.24) is 15.0 Å². The summed E-state index contributed by atoms with van der Waals surface area (Å²) in [5.74, 6) is 0.673. The van der Waals surface area contributed by atoms with Crippen LogP contribution >= 0.6 is 11.8 Å². The molecule has 4 nitrogen and oxygen atoms in total. The summed E-state index contributed by atoms with van der Waals surface area (Å²) in [6.45, 7) is 4.52. The van der Waals surface area contributed by atoms with Crippen LogP contribution in [0.2, 0.25) is 0 Å². The summed E-state index contributed by atoms with van der Waals surface area (Å²) < 4.78 is 0. The Balaban J connectivity index is 1.25. The summed E-state index contributed by atoms with van der Waals surface area (Å²) >= 11 is 1.75. The van der Waals surface area contributed by atoms with Crippen molar-refractivity contribution in [2.24, 2.45) is 0 Å². The molecule has 7 rings (SSSR count). The Morgan fingerprint density at radius 2 is 1.26 bits per heavy atom. The van der Waals surface area contributed by atoms with Crippen molar-refractivity contribution in [2.75, 3.05) is 0 Å². The molecule has 0 amide bonds. The Kier molecular flexibility index (Phi) is 6.42. The summed E-state index contributed by atoms with van der Waals surface area (Å²) in [4.78, 5) is 16.7. The molecule has 0 bridgehead atoms. The lowest BCUT2D eigenvalue weighted by atomic mass is 9.77. The summed E-state index contributed by atoms with van der Waals surface area (Å²) in [6, 6.07) is 41.5. The topological polar surface area (TPSA) is 62.5 Å². The first-order chi connectivity index (χ1) is 20.5. The van der Waals surface area contributed by atoms with Gasteiger partial charge in [-0.15, -0.1) is 0 Å². The van der Waals surface area contributed by atoms with Gasteiger partial charge in [-0.25, -0.2) is 9.97 Å². The van der Waals surface area contributed by atoms with Crippen LogP contribution in [0.5, 0.6) is 0 Å². The Hall–Kier alpha value is -5.05. The van der Waals surface area contributed by atoms with Crippen molar-refractivity contribution >= 4 is 11.8 Å². The lowest BCUT2D eigenvalue weighted by Crippen LogP contribution is -2.23. The van der Waals surface area contributed by atoms with E-state index in [1.54, 1.807) is 18.0 Å². The fraction of sp³-hybridized carbons (Fsp3) is 0.0811. The third-order valence-corrected chi connectivity index (χ3v) is 8.97. The van der Waals surface area contributed by atoms with Crippen LogP contribution in [-0.4, -0.2) is 15.0 Å². The molecular formula is C37H26N4S. The Labute approximate surface area is 249 Å². The molecule has 6 aromatic rings. The van der Waals surface area contributed by atoms with Gasteiger partial charge >= 0.3 is 0 Å². The van der Waals surface area contributed by atoms with Gasteiger partial charge in [-0.1, -0.05) is 104 Å². The first kappa shape index (κ1) is 25.9. The molecule has 0 fully saturated rings. The van der Waals surface area contributed by atoms with Crippen LogP contribution in [0.3, 0.4) is 0 Å². The minimum Gasteiger partial charge on any atom is -0.255 e. The van der Waals surface area contributed by atoms with E-state index in [2.05, 4.69) is 73.4 Å². The molecule has 0 unspecified atom stereocenters. The molecular weight excluding hydrogens is 533 g/mol. The molecule has 4 aromatic carbocycles. The van der Waals surface area contributed by atoms with Gasteiger partial charge in [0.15, 0.2) is 5.82 Å². The van der Waals surface area contributed by atoms with Gasteiger partial charge in [0.05, 0.1) is 28.7 Å². The van der Waals surface area contributed by atoms with E-state index in [4.69, 9.17) is 9.97 Å². The van der Waals surface area contributed by atoms with Crippen LogP contribution in [0.15, 0.2) is 131 Å². The highest BCUT2D eigenvalue weighted by atomic mass is 32.2. The molecule has 0 N–H and O–H groups in total. The van der Waals surface area contributed by atoms with Gasteiger partial charge in [0.1, 0.15) is 0 Å². The third-order valence-electron chi connectivity index (χ3n) is 7.86. The molecule has 2 aromatic heterocycles. The quantitative estimate of drug-likeness (QED) is 0.216. The van der Waals surface area contributed by atoms with E-state index < -0.39 is 0 Å². The zero-order valence-corrected chi connectivity index (χ0v) is 24.1. The third kappa shape index (κ3) is 4.66. The molecule has 3 heterocycles. The summed E-state index contributed by atoms with van der Waals surface area (Å²) in [7, 11) is 0. The highest BCUT2D eigenvalue weighted by Gasteiger charge is 2.33. The van der Waals surface area contributed by atoms with E-state index in [1.807, 2.05) is 66.7 Å². The number of aromatic nitrogens is 3. The lowest BCUT2D eigenvalue weighted by Gasteiger charge is -2.35. The molecule has 1 aliphatic heterocycles. The number of hydrogen-bond acceptors (Lipinski definition) is 5. The van der Waals surface area contributed by atoms with Crippen LogP contribution in [0.25, 0.3) is 45.2 Å². The van der Waals surface area contributed by atoms with E-state index in [0.717, 1.165) is 44.2 Å². The van der Waals surface area contributed by atoms with Gasteiger partial charge in [0.2, 0.25) is 0 Å². The van der Waals surface area contributed by atoms with E-state index in [1.165, 1.54) is 16.0 Å². The summed E-state index contributed by atoms with van der Waals surface area (Å²) in [6.07, 6.45) is 1.78. The largest absolute Gasteiger partial charge is 0.255 e. The number of rotatable bonds is 4. The summed E-state index contributed by atoms with van der Waals surface area (Å²) in [5.41, 5.74) is 9.86. The minimum atomic E-state index is -0.138. The molecule has 0 radical (unpaired) electrons. The van der Waals surface area contributed by atoms with Crippen LogP contribution in [-0.2, 0) is 5.41 Å². The van der Waals surface area contributed by atoms with Gasteiger partial charge < -0.3 is 0 Å². The zero-order chi connectivity index (χ0) is 28.7. The van der Waals surface area contributed by atoms with E-state index in [0.29, 0.717) is 11.4 Å². The predicted molar refractivity (Wildman–Crippen MR) is 169 cm³/mol. The molecule has 1 aliphatic rings. The van der Waals surface area contributed by atoms with Gasteiger partial charge in [-0.2, -0.15) is 5.26 Å². The molecule has 0 saturated heterocycles. The maximum Gasteiger partial charge on any atom is 0.160 e. The molecule has 0 aliphatic carbocycles. The molecule has 0 atom stereocenters. The van der Waals surface area contributed by atoms with Crippen LogP contribution in [0.1, 0.15) is 30.5 Å². The standard InChI is InChI=1S/C37H26N4S/c1-37(2)29-17-11-24(23-38)20-34(29)42-35-21-28(16-18-30(35)37)25-12-14-26(15-13-25)32-22-33(31-10-6-7-19-39-31)41-36(40-32)27-8-4-3-5-9-27/h3-22H,1-2H3. The van der Waals surface area contributed by atoms with Crippen molar-refractivity contribution in [2.45, 2.75) is 29.1 Å². The SMILES string of the molecule is CC1(C)c2ccc(C#N)cc2Sc2cc(-c3ccc(-c4cc(-c5ccccn5)nc(-c5ccccc5)n4)cc3)ccc21. The monoisotopic (exact) mass is 558 g/mol. The van der Waals surface area contributed by atoms with Crippen molar-refractivity contribution in [1.29, 1.82) is 5.26 Å². The predicted octanol–water partition coefficient (Wildman–Crippen LogP) is 9.20. The second kappa shape index (κ2) is 10.4. The van der Waals surface area contributed by atoms with Gasteiger partial charge in [0.25, 0.3) is 0 Å². The minimum absolute atomic E-state index is 0.138. The van der Waals surface area contributed by atoms with Gasteiger partial charge in [0, 0.05) is 32.5 Å². The average Bonchev–Trinajstić information content (AvgIpc) is 3.05. The maximum absolute atomic E-state index is 9.44. The second-order valence-corrected chi connectivity index (χ2v) is 12.0. The molecule has 200 valence electrons. The Morgan fingerprint density at radius 1 is 0.595 bits per heavy atom. The van der Waals surface area contributed by atoms with Gasteiger partial charge in [-0.3, -0.25) is 4.98 Å². The molecule has 42 heavy (non-hydrogen) atoms. The van der Waals surface area contributed by atoms with E-state index in [9.17, 15) is 5.26 Å².